The Hall–Kier alpha value is -2.65. The van der Waals surface area contributed by atoms with Crippen molar-refractivity contribution in [1.29, 1.82) is 0 Å². The van der Waals surface area contributed by atoms with Gasteiger partial charge in [0.05, 0.1) is 22.3 Å². The van der Waals surface area contributed by atoms with Gasteiger partial charge in [0.15, 0.2) is 0 Å². The van der Waals surface area contributed by atoms with E-state index in [2.05, 4.69) is 15.4 Å². The molecule has 33 heavy (non-hydrogen) atoms. The Labute approximate surface area is 195 Å². The third kappa shape index (κ3) is 6.68. The van der Waals surface area contributed by atoms with Crippen molar-refractivity contribution in [2.45, 2.75) is 58.2 Å². The zero-order valence-electron chi connectivity index (χ0n) is 18.8. The topological polar surface area (TPSA) is 80.0 Å². The molecule has 0 aliphatic heterocycles. The highest BCUT2D eigenvalue weighted by molar-refractivity contribution is 6.34. The molecule has 2 heterocycles. The molecule has 1 fully saturated rings. The molecule has 4 rings (SSSR count). The Bertz CT molecular complexity index is 1060. The maximum absolute atomic E-state index is 12.8. The SMILES string of the molecule is CC.CO.O=C(Nc1cc2cn(C3CCCCC3)nc2cc1Cl)c1cccc(C(F)(F)F)n1. The van der Waals surface area contributed by atoms with Crippen LogP contribution >= 0.6 is 11.6 Å². The number of benzene rings is 1. The Morgan fingerprint density at radius 1 is 1.15 bits per heavy atom. The maximum atomic E-state index is 12.8. The molecular formula is C23H28ClF3N4O2. The smallest absolute Gasteiger partial charge is 0.400 e. The van der Waals surface area contributed by atoms with E-state index in [1.165, 1.54) is 25.3 Å². The molecule has 1 amide bonds. The van der Waals surface area contributed by atoms with E-state index < -0.39 is 17.8 Å². The molecule has 0 bridgehead atoms. The van der Waals surface area contributed by atoms with Gasteiger partial charge in [-0.15, -0.1) is 0 Å². The molecule has 1 aliphatic rings. The monoisotopic (exact) mass is 484 g/mol. The number of hydrogen-bond donors (Lipinski definition) is 2. The van der Waals surface area contributed by atoms with Gasteiger partial charge in [0.1, 0.15) is 11.4 Å². The van der Waals surface area contributed by atoms with Crippen molar-refractivity contribution >= 4 is 34.1 Å². The maximum Gasteiger partial charge on any atom is 0.433 e. The molecule has 3 aromatic rings. The quantitative estimate of drug-likeness (QED) is 0.445. The average molecular weight is 485 g/mol. The minimum Gasteiger partial charge on any atom is -0.400 e. The minimum absolute atomic E-state index is 0.256. The van der Waals surface area contributed by atoms with Crippen LogP contribution in [0.1, 0.15) is 68.2 Å². The second-order valence-electron chi connectivity index (χ2n) is 7.15. The highest BCUT2D eigenvalue weighted by Crippen LogP contribution is 2.32. The summed E-state index contributed by atoms with van der Waals surface area (Å²) in [6.45, 7) is 4.00. The lowest BCUT2D eigenvalue weighted by Crippen LogP contribution is -2.17. The first-order valence-electron chi connectivity index (χ1n) is 10.8. The number of carbonyl (C=O) groups is 1. The number of amides is 1. The molecular weight excluding hydrogens is 457 g/mol. The zero-order chi connectivity index (χ0) is 24.6. The van der Waals surface area contributed by atoms with E-state index in [4.69, 9.17) is 16.7 Å². The first-order chi connectivity index (χ1) is 15.8. The Morgan fingerprint density at radius 2 is 1.82 bits per heavy atom. The molecule has 0 spiro atoms. The number of nitrogens with zero attached hydrogens (tertiary/aromatic N) is 3. The van der Waals surface area contributed by atoms with E-state index in [0.717, 1.165) is 37.5 Å². The Balaban J connectivity index is 0.000000914. The molecule has 0 unspecified atom stereocenters. The van der Waals surface area contributed by atoms with Gasteiger partial charge in [0, 0.05) is 18.7 Å². The number of anilines is 1. The summed E-state index contributed by atoms with van der Waals surface area (Å²) >= 11 is 6.27. The lowest BCUT2D eigenvalue weighted by Gasteiger charge is -2.21. The number of fused-ring (bicyclic) bond motifs is 1. The van der Waals surface area contributed by atoms with Crippen LogP contribution < -0.4 is 5.32 Å². The van der Waals surface area contributed by atoms with Crippen molar-refractivity contribution in [3.05, 3.63) is 52.9 Å². The van der Waals surface area contributed by atoms with Gasteiger partial charge in [0.25, 0.3) is 5.91 Å². The van der Waals surface area contributed by atoms with Gasteiger partial charge >= 0.3 is 6.18 Å². The number of carbonyl (C=O) groups excluding carboxylic acids is 1. The van der Waals surface area contributed by atoms with Gasteiger partial charge in [-0.1, -0.05) is 50.8 Å². The Kier molecular flexibility index (Phi) is 9.67. The predicted molar refractivity (Wildman–Crippen MR) is 124 cm³/mol. The van der Waals surface area contributed by atoms with Gasteiger partial charge in [-0.2, -0.15) is 18.3 Å². The molecule has 0 radical (unpaired) electrons. The lowest BCUT2D eigenvalue weighted by atomic mass is 9.96. The number of halogens is 4. The van der Waals surface area contributed by atoms with Crippen LogP contribution in [-0.2, 0) is 6.18 Å². The summed E-state index contributed by atoms with van der Waals surface area (Å²) in [7, 11) is 1.00. The van der Waals surface area contributed by atoms with Crippen LogP contribution in [0.3, 0.4) is 0 Å². The van der Waals surface area contributed by atoms with Crippen LogP contribution in [0.5, 0.6) is 0 Å². The van der Waals surface area contributed by atoms with E-state index in [0.29, 0.717) is 17.2 Å². The van der Waals surface area contributed by atoms with Crippen molar-refractivity contribution in [2.75, 3.05) is 12.4 Å². The molecule has 180 valence electrons. The molecule has 2 N–H and O–H groups in total. The average Bonchev–Trinajstić information content (AvgIpc) is 3.25. The van der Waals surface area contributed by atoms with Gasteiger partial charge in [0.2, 0.25) is 0 Å². The van der Waals surface area contributed by atoms with Gasteiger partial charge in [-0.3, -0.25) is 9.48 Å². The van der Waals surface area contributed by atoms with E-state index in [1.807, 2.05) is 24.7 Å². The number of pyridine rings is 1. The van der Waals surface area contributed by atoms with E-state index >= 15 is 0 Å². The van der Waals surface area contributed by atoms with Gasteiger partial charge < -0.3 is 10.4 Å². The minimum atomic E-state index is -4.62. The number of aromatic nitrogens is 3. The first-order valence-corrected chi connectivity index (χ1v) is 11.2. The molecule has 6 nitrogen and oxygen atoms in total. The fraction of sp³-hybridized carbons (Fsp3) is 0.435. The van der Waals surface area contributed by atoms with Crippen molar-refractivity contribution in [2.24, 2.45) is 0 Å². The van der Waals surface area contributed by atoms with E-state index in [1.54, 1.807) is 12.1 Å². The van der Waals surface area contributed by atoms with Crippen molar-refractivity contribution < 1.29 is 23.1 Å². The summed E-state index contributed by atoms with van der Waals surface area (Å²) in [6.07, 6.45) is 3.03. The lowest BCUT2D eigenvalue weighted by molar-refractivity contribution is -0.141. The fourth-order valence-corrected chi connectivity index (χ4v) is 3.80. The predicted octanol–water partition coefficient (Wildman–Crippen LogP) is 6.50. The molecule has 1 aromatic carbocycles. The summed E-state index contributed by atoms with van der Waals surface area (Å²) in [6, 6.07) is 6.85. The summed E-state index contributed by atoms with van der Waals surface area (Å²) in [4.78, 5) is 15.8. The molecule has 0 saturated heterocycles. The van der Waals surface area contributed by atoms with Gasteiger partial charge in [-0.05, 0) is 37.1 Å². The molecule has 2 aromatic heterocycles. The van der Waals surface area contributed by atoms with Crippen LogP contribution in [0.4, 0.5) is 18.9 Å². The largest absolute Gasteiger partial charge is 0.433 e. The highest BCUT2D eigenvalue weighted by atomic mass is 35.5. The molecule has 1 saturated carbocycles. The van der Waals surface area contributed by atoms with Crippen molar-refractivity contribution in [3.63, 3.8) is 0 Å². The third-order valence-electron chi connectivity index (χ3n) is 5.08. The number of aliphatic hydroxyl groups is 1. The van der Waals surface area contributed by atoms with Crippen LogP contribution in [0.25, 0.3) is 10.9 Å². The number of rotatable bonds is 3. The highest BCUT2D eigenvalue weighted by Gasteiger charge is 2.33. The van der Waals surface area contributed by atoms with E-state index in [9.17, 15) is 18.0 Å². The second-order valence-corrected chi connectivity index (χ2v) is 7.56. The number of alkyl halides is 3. The van der Waals surface area contributed by atoms with Crippen molar-refractivity contribution in [3.8, 4) is 0 Å². The molecule has 0 atom stereocenters. The summed E-state index contributed by atoms with van der Waals surface area (Å²) < 4.78 is 40.4. The van der Waals surface area contributed by atoms with Crippen LogP contribution in [0.15, 0.2) is 36.5 Å². The van der Waals surface area contributed by atoms with E-state index in [-0.39, 0.29) is 10.7 Å². The van der Waals surface area contributed by atoms with Crippen LogP contribution in [-0.4, -0.2) is 32.9 Å². The number of aliphatic hydroxyl groups excluding tert-OH is 1. The summed E-state index contributed by atoms with van der Waals surface area (Å²) in [5, 5.41) is 15.2. The summed E-state index contributed by atoms with van der Waals surface area (Å²) in [5.74, 6) is -0.767. The Morgan fingerprint density at radius 3 is 2.45 bits per heavy atom. The normalized spacial score (nSPS) is 14.1. The first kappa shape index (κ1) is 26.6. The number of nitrogens with one attached hydrogen (secondary N) is 1. The zero-order valence-corrected chi connectivity index (χ0v) is 19.5. The molecule has 10 heteroatoms. The standard InChI is InChI=1S/C20H18ClF3N4O.C2H6.CH4O/c21-14-10-16-12(11-28(27-16)13-5-2-1-3-6-13)9-17(14)26-19(29)15-7-4-8-18(25-15)20(22,23)24;2*1-2/h4,7-11,13H,1-3,5-6H2,(H,26,29);1-2H3;2H,1H3. The second kappa shape index (κ2) is 12.0. The van der Waals surface area contributed by atoms with Crippen molar-refractivity contribution in [1.82, 2.24) is 14.8 Å². The summed E-state index contributed by atoms with van der Waals surface area (Å²) in [5.41, 5.74) is -0.461. The van der Waals surface area contributed by atoms with Crippen LogP contribution in [0.2, 0.25) is 5.02 Å². The van der Waals surface area contributed by atoms with Gasteiger partial charge in [-0.25, -0.2) is 4.98 Å². The molecule has 1 aliphatic carbocycles. The van der Waals surface area contributed by atoms with Crippen LogP contribution in [0, 0.1) is 0 Å². The fourth-order valence-electron chi connectivity index (χ4n) is 3.60. The number of hydrogen-bond acceptors (Lipinski definition) is 4. The third-order valence-corrected chi connectivity index (χ3v) is 5.39.